The Morgan fingerprint density at radius 2 is 1.91 bits per heavy atom. The van der Waals surface area contributed by atoms with Crippen LogP contribution in [0.2, 0.25) is 0 Å². The Bertz CT molecular complexity index is 1320. The Hall–Kier alpha value is -2.93. The molecule has 182 valence electrons. The van der Waals surface area contributed by atoms with Crippen LogP contribution in [-0.4, -0.2) is 11.5 Å². The summed E-state index contributed by atoms with van der Waals surface area (Å²) in [5, 5.41) is 3.18. The molecule has 3 nitrogen and oxygen atoms in total. The minimum atomic E-state index is -4.54. The van der Waals surface area contributed by atoms with Gasteiger partial charge in [-0.05, 0) is 53.0 Å². The third-order valence-corrected chi connectivity index (χ3v) is 7.78. The fourth-order valence-corrected chi connectivity index (χ4v) is 5.81. The fourth-order valence-electron chi connectivity index (χ4n) is 5.81. The third-order valence-electron chi connectivity index (χ3n) is 7.78. The first-order chi connectivity index (χ1) is 16.6. The molecule has 6 rings (SSSR count). The topological polar surface area (TPSA) is 34.1 Å². The van der Waals surface area contributed by atoms with Gasteiger partial charge in [-0.25, -0.2) is 9.37 Å². The lowest BCUT2D eigenvalue weighted by Crippen LogP contribution is -2.43. The first-order valence-corrected chi connectivity index (χ1v) is 12.0. The molecule has 0 bridgehead atoms. The van der Waals surface area contributed by atoms with Gasteiger partial charge in [0.05, 0.1) is 11.6 Å². The summed E-state index contributed by atoms with van der Waals surface area (Å²) in [6, 6.07) is 9.90. The van der Waals surface area contributed by atoms with E-state index in [0.29, 0.717) is 29.5 Å². The molecule has 0 amide bonds. The molecule has 1 N–H and O–H groups in total. The zero-order valence-electron chi connectivity index (χ0n) is 19.5. The van der Waals surface area contributed by atoms with E-state index in [1.165, 1.54) is 29.7 Å². The number of nitrogens with one attached hydrogen (secondary N) is 1. The molecule has 0 spiro atoms. The van der Waals surface area contributed by atoms with Gasteiger partial charge in [0.2, 0.25) is 5.88 Å². The SMILES string of the molecule is CC1(C)CNC(c2ccccc2C(F)(F)F)c2c1ccc(COc1cc3c(cn1)C1CC1C3)c2F. The van der Waals surface area contributed by atoms with Crippen LogP contribution in [0, 0.1) is 11.7 Å². The summed E-state index contributed by atoms with van der Waals surface area (Å²) >= 11 is 0. The van der Waals surface area contributed by atoms with Crippen LogP contribution in [0.1, 0.15) is 71.2 Å². The van der Waals surface area contributed by atoms with E-state index in [-0.39, 0.29) is 17.7 Å². The summed E-state index contributed by atoms with van der Waals surface area (Å²) in [5.74, 6) is 1.27. The summed E-state index contributed by atoms with van der Waals surface area (Å²) in [6.07, 6.45) is -0.407. The summed E-state index contributed by atoms with van der Waals surface area (Å²) in [4.78, 5) is 4.40. The molecule has 1 saturated carbocycles. The molecule has 2 heterocycles. The van der Waals surface area contributed by atoms with Crippen LogP contribution in [-0.2, 0) is 24.6 Å². The Morgan fingerprint density at radius 1 is 1.11 bits per heavy atom. The Kier molecular flexibility index (Phi) is 5.01. The number of rotatable bonds is 4. The zero-order chi connectivity index (χ0) is 24.5. The van der Waals surface area contributed by atoms with Crippen LogP contribution in [0.5, 0.6) is 5.88 Å². The molecule has 1 fully saturated rings. The first-order valence-electron chi connectivity index (χ1n) is 12.0. The van der Waals surface area contributed by atoms with Crippen molar-refractivity contribution in [2.24, 2.45) is 5.92 Å². The lowest BCUT2D eigenvalue weighted by atomic mass is 9.74. The van der Waals surface area contributed by atoms with Crippen molar-refractivity contribution in [1.29, 1.82) is 0 Å². The number of benzene rings is 2. The summed E-state index contributed by atoms with van der Waals surface area (Å²) in [7, 11) is 0. The normalized spacial score (nSPS) is 23.9. The van der Waals surface area contributed by atoms with Crippen LogP contribution in [0.3, 0.4) is 0 Å². The molecule has 2 aliphatic carbocycles. The molecule has 0 radical (unpaired) electrons. The Labute approximate surface area is 201 Å². The molecule has 1 aliphatic heterocycles. The van der Waals surface area contributed by atoms with E-state index in [1.54, 1.807) is 12.1 Å². The highest BCUT2D eigenvalue weighted by molar-refractivity contribution is 5.49. The fraction of sp³-hybridized carbons (Fsp3) is 0.393. The van der Waals surface area contributed by atoms with Gasteiger partial charge in [0.15, 0.2) is 0 Å². The zero-order valence-corrected chi connectivity index (χ0v) is 19.5. The van der Waals surface area contributed by atoms with E-state index in [2.05, 4.69) is 10.3 Å². The highest BCUT2D eigenvalue weighted by atomic mass is 19.4. The molecule has 35 heavy (non-hydrogen) atoms. The highest BCUT2D eigenvalue weighted by Crippen LogP contribution is 2.56. The second-order valence-electron chi connectivity index (χ2n) is 10.6. The minimum Gasteiger partial charge on any atom is -0.473 e. The van der Waals surface area contributed by atoms with E-state index >= 15 is 4.39 Å². The summed E-state index contributed by atoms with van der Waals surface area (Å²) < 4.78 is 63.3. The molecule has 2 aromatic carbocycles. The van der Waals surface area contributed by atoms with Crippen LogP contribution in [0.4, 0.5) is 17.6 Å². The summed E-state index contributed by atoms with van der Waals surface area (Å²) in [6.45, 7) is 4.29. The Balaban J connectivity index is 1.35. The van der Waals surface area contributed by atoms with E-state index in [0.717, 1.165) is 18.4 Å². The second-order valence-corrected chi connectivity index (χ2v) is 10.6. The molecule has 3 aromatic rings. The molecule has 1 aromatic heterocycles. The van der Waals surface area contributed by atoms with Gasteiger partial charge in [0, 0.05) is 35.3 Å². The van der Waals surface area contributed by atoms with Gasteiger partial charge in [-0.1, -0.05) is 44.2 Å². The predicted octanol–water partition coefficient (Wildman–Crippen LogP) is 6.45. The van der Waals surface area contributed by atoms with Crippen LogP contribution < -0.4 is 10.1 Å². The molecule has 0 saturated heterocycles. The van der Waals surface area contributed by atoms with Gasteiger partial charge in [0.1, 0.15) is 12.4 Å². The quantitative estimate of drug-likeness (QED) is 0.434. The second kappa shape index (κ2) is 7.79. The summed E-state index contributed by atoms with van der Waals surface area (Å²) in [5.41, 5.74) is 2.61. The number of nitrogens with zero attached hydrogens (tertiary/aromatic N) is 1. The van der Waals surface area contributed by atoms with Crippen molar-refractivity contribution in [2.45, 2.75) is 56.8 Å². The van der Waals surface area contributed by atoms with E-state index in [9.17, 15) is 13.2 Å². The lowest BCUT2D eigenvalue weighted by molar-refractivity contribution is -0.138. The van der Waals surface area contributed by atoms with Crippen molar-refractivity contribution in [3.8, 4) is 5.88 Å². The lowest BCUT2D eigenvalue weighted by Gasteiger charge is -2.39. The maximum Gasteiger partial charge on any atom is 0.416 e. The van der Waals surface area contributed by atoms with Gasteiger partial charge in [-0.15, -0.1) is 0 Å². The number of hydrogen-bond donors (Lipinski definition) is 1. The van der Waals surface area contributed by atoms with Crippen LogP contribution in [0.15, 0.2) is 48.7 Å². The molecule has 3 aliphatic rings. The number of fused-ring (bicyclic) bond motifs is 4. The van der Waals surface area contributed by atoms with Crippen LogP contribution in [0.25, 0.3) is 0 Å². The van der Waals surface area contributed by atoms with Crippen molar-refractivity contribution in [3.05, 3.63) is 93.4 Å². The molecule has 3 unspecified atom stereocenters. The van der Waals surface area contributed by atoms with E-state index in [1.807, 2.05) is 32.2 Å². The van der Waals surface area contributed by atoms with Crippen molar-refractivity contribution in [1.82, 2.24) is 10.3 Å². The number of ether oxygens (including phenoxy) is 1. The van der Waals surface area contributed by atoms with Gasteiger partial charge >= 0.3 is 6.18 Å². The van der Waals surface area contributed by atoms with Crippen molar-refractivity contribution in [2.75, 3.05) is 6.54 Å². The van der Waals surface area contributed by atoms with Crippen LogP contribution >= 0.6 is 0 Å². The molecular weight excluding hydrogens is 456 g/mol. The molecular formula is C28H26F4N2O. The van der Waals surface area contributed by atoms with E-state index < -0.39 is 29.0 Å². The standard InChI is InChI=1S/C28H26F4N2O/c1-27(2)14-34-26(18-5-3-4-6-21(18)28(30,31)32)24-22(27)8-7-15(25(24)29)13-35-23-11-17-9-16-10-19(16)20(17)12-33-23/h3-8,11-12,16,19,26,34H,9-10,13-14H2,1-2H3. The Morgan fingerprint density at radius 3 is 2.71 bits per heavy atom. The number of halogens is 4. The van der Waals surface area contributed by atoms with E-state index in [4.69, 9.17) is 4.74 Å². The average molecular weight is 483 g/mol. The van der Waals surface area contributed by atoms with Crippen molar-refractivity contribution in [3.63, 3.8) is 0 Å². The van der Waals surface area contributed by atoms with Gasteiger partial charge in [-0.3, -0.25) is 0 Å². The van der Waals surface area contributed by atoms with Gasteiger partial charge in [0.25, 0.3) is 0 Å². The number of hydrogen-bond acceptors (Lipinski definition) is 3. The van der Waals surface area contributed by atoms with Crippen molar-refractivity contribution < 1.29 is 22.3 Å². The van der Waals surface area contributed by atoms with Gasteiger partial charge < -0.3 is 10.1 Å². The number of pyridine rings is 1. The van der Waals surface area contributed by atoms with Crippen molar-refractivity contribution >= 4 is 0 Å². The maximum absolute atomic E-state index is 16.0. The first kappa shape index (κ1) is 22.5. The average Bonchev–Trinajstić information content (AvgIpc) is 3.49. The minimum absolute atomic E-state index is 0.0209. The number of aromatic nitrogens is 1. The molecule has 7 heteroatoms. The molecule has 3 atom stereocenters. The number of alkyl halides is 3. The maximum atomic E-state index is 16.0. The largest absolute Gasteiger partial charge is 0.473 e. The highest BCUT2D eigenvalue weighted by Gasteiger charge is 2.45. The third kappa shape index (κ3) is 3.80. The van der Waals surface area contributed by atoms with Gasteiger partial charge in [-0.2, -0.15) is 13.2 Å². The smallest absolute Gasteiger partial charge is 0.416 e. The predicted molar refractivity (Wildman–Crippen MR) is 124 cm³/mol. The monoisotopic (exact) mass is 482 g/mol.